The number of carbonyl (C=O) groups is 5. The van der Waals surface area contributed by atoms with Crippen LogP contribution in [0.25, 0.3) is 0 Å². The zero-order chi connectivity index (χ0) is 23.6. The first-order valence-corrected chi connectivity index (χ1v) is 9.85. The Kier molecular flexibility index (Phi) is 11.6. The second-order valence-corrected chi connectivity index (χ2v) is 8.15. The number of carbonyl (C=O) groups excluding carboxylic acids is 3. The highest BCUT2D eigenvalue weighted by Crippen LogP contribution is 2.08. The van der Waals surface area contributed by atoms with Crippen molar-refractivity contribution in [2.45, 2.75) is 78.0 Å². The number of carboxylic acids is 2. The molecular weight excluding hydrogens is 396 g/mol. The van der Waals surface area contributed by atoms with Crippen LogP contribution in [0.4, 0.5) is 0 Å². The minimum Gasteiger partial charge on any atom is -0.481 e. The molecule has 11 heteroatoms. The molecule has 3 amide bonds. The van der Waals surface area contributed by atoms with Gasteiger partial charge in [0.05, 0.1) is 12.5 Å². The molecule has 0 aromatic rings. The Balaban J connectivity index is 5.36. The van der Waals surface area contributed by atoms with E-state index in [1.165, 1.54) is 6.92 Å². The van der Waals surface area contributed by atoms with E-state index >= 15 is 0 Å². The largest absolute Gasteiger partial charge is 0.481 e. The van der Waals surface area contributed by atoms with E-state index in [1.54, 1.807) is 13.8 Å². The average Bonchev–Trinajstić information content (AvgIpc) is 2.58. The average molecular weight is 431 g/mol. The molecule has 0 spiro atoms. The van der Waals surface area contributed by atoms with Gasteiger partial charge in [0.1, 0.15) is 18.1 Å². The van der Waals surface area contributed by atoms with Crippen LogP contribution in [0.5, 0.6) is 0 Å². The maximum Gasteiger partial charge on any atom is 0.325 e. The van der Waals surface area contributed by atoms with Gasteiger partial charge in [-0.1, -0.05) is 27.7 Å². The Morgan fingerprint density at radius 1 is 0.733 bits per heavy atom. The van der Waals surface area contributed by atoms with Crippen LogP contribution in [0.15, 0.2) is 0 Å². The summed E-state index contributed by atoms with van der Waals surface area (Å²) in [7, 11) is 0. The maximum absolute atomic E-state index is 12.6. The Bertz CT molecular complexity index is 636. The highest BCUT2D eigenvalue weighted by Gasteiger charge is 2.31. The van der Waals surface area contributed by atoms with E-state index in [4.69, 9.17) is 15.9 Å². The molecule has 0 rings (SSSR count). The van der Waals surface area contributed by atoms with E-state index in [1.807, 2.05) is 13.8 Å². The van der Waals surface area contributed by atoms with E-state index in [0.29, 0.717) is 6.42 Å². The minimum atomic E-state index is -1.44. The number of rotatable bonds is 13. The lowest BCUT2D eigenvalue weighted by Gasteiger charge is -2.25. The van der Waals surface area contributed by atoms with E-state index in [-0.39, 0.29) is 18.3 Å². The molecule has 7 N–H and O–H groups in total. The molecule has 4 atom stereocenters. The molecule has 0 aromatic carbocycles. The quantitative estimate of drug-likeness (QED) is 0.224. The number of hydrogen-bond acceptors (Lipinski definition) is 6. The van der Waals surface area contributed by atoms with Gasteiger partial charge in [0.2, 0.25) is 17.7 Å². The van der Waals surface area contributed by atoms with Gasteiger partial charge in [0.25, 0.3) is 0 Å². The SMILES string of the molecule is CC(C)CC(N)C(=O)NC(CC(=O)O)C(=O)NC(CC(C)C)C(=O)NC(C)C(=O)O. The van der Waals surface area contributed by atoms with Crippen molar-refractivity contribution < 1.29 is 34.2 Å². The molecule has 0 saturated carbocycles. The minimum absolute atomic E-state index is 0.0341. The summed E-state index contributed by atoms with van der Waals surface area (Å²) < 4.78 is 0. The zero-order valence-electron chi connectivity index (χ0n) is 18.1. The first kappa shape index (κ1) is 27.3. The fourth-order valence-electron chi connectivity index (χ4n) is 2.63. The Morgan fingerprint density at radius 2 is 1.20 bits per heavy atom. The molecule has 0 heterocycles. The number of nitrogens with two attached hydrogens (primary N) is 1. The lowest BCUT2D eigenvalue weighted by atomic mass is 10.0. The molecule has 0 bridgehead atoms. The maximum atomic E-state index is 12.6. The molecule has 0 fully saturated rings. The standard InChI is InChI=1S/C19H34N4O7/c1-9(2)6-12(20)16(26)22-14(8-15(24)25)18(28)23-13(7-10(3)4)17(27)21-11(5)19(29)30/h9-14H,6-8,20H2,1-5H3,(H,21,27)(H,22,26)(H,23,28)(H,24,25)(H,29,30). The van der Waals surface area contributed by atoms with Crippen molar-refractivity contribution in [3.63, 3.8) is 0 Å². The highest BCUT2D eigenvalue weighted by molar-refractivity contribution is 5.95. The van der Waals surface area contributed by atoms with Gasteiger partial charge < -0.3 is 31.9 Å². The highest BCUT2D eigenvalue weighted by atomic mass is 16.4. The molecule has 0 saturated heterocycles. The molecule has 4 unspecified atom stereocenters. The van der Waals surface area contributed by atoms with Gasteiger partial charge in [0, 0.05) is 0 Å². The summed E-state index contributed by atoms with van der Waals surface area (Å²) in [6.45, 7) is 8.60. The normalized spacial score (nSPS) is 15.1. The third kappa shape index (κ3) is 10.7. The van der Waals surface area contributed by atoms with Gasteiger partial charge in [-0.3, -0.25) is 24.0 Å². The molecule has 0 aliphatic carbocycles. The van der Waals surface area contributed by atoms with Crippen LogP contribution >= 0.6 is 0 Å². The predicted molar refractivity (Wildman–Crippen MR) is 108 cm³/mol. The second-order valence-electron chi connectivity index (χ2n) is 8.15. The topological polar surface area (TPSA) is 188 Å². The summed E-state index contributed by atoms with van der Waals surface area (Å²) in [5.41, 5.74) is 5.79. The Hall–Kier alpha value is -2.69. The molecular formula is C19H34N4O7. The van der Waals surface area contributed by atoms with E-state index in [2.05, 4.69) is 16.0 Å². The summed E-state index contributed by atoms with van der Waals surface area (Å²) in [6, 6.07) is -4.63. The number of nitrogens with one attached hydrogen (secondary N) is 3. The predicted octanol–water partition coefficient (Wildman–Crippen LogP) is -0.560. The van der Waals surface area contributed by atoms with Crippen LogP contribution in [0.3, 0.4) is 0 Å². The first-order chi connectivity index (χ1) is 13.7. The van der Waals surface area contributed by atoms with Crippen molar-refractivity contribution in [2.24, 2.45) is 17.6 Å². The van der Waals surface area contributed by atoms with Crippen molar-refractivity contribution in [1.82, 2.24) is 16.0 Å². The van der Waals surface area contributed by atoms with Crippen molar-refractivity contribution in [1.29, 1.82) is 0 Å². The van der Waals surface area contributed by atoms with E-state index in [0.717, 1.165) is 0 Å². The van der Waals surface area contributed by atoms with Gasteiger partial charge in [-0.2, -0.15) is 0 Å². The van der Waals surface area contributed by atoms with Crippen molar-refractivity contribution in [2.75, 3.05) is 0 Å². The van der Waals surface area contributed by atoms with E-state index < -0.39 is 60.2 Å². The van der Waals surface area contributed by atoms with E-state index in [9.17, 15) is 24.0 Å². The molecule has 0 aliphatic rings. The molecule has 172 valence electrons. The lowest BCUT2D eigenvalue weighted by molar-refractivity contribution is -0.143. The van der Waals surface area contributed by atoms with Crippen molar-refractivity contribution in [3.8, 4) is 0 Å². The number of aliphatic carboxylic acids is 2. The van der Waals surface area contributed by atoms with Gasteiger partial charge in [-0.15, -0.1) is 0 Å². The fraction of sp³-hybridized carbons (Fsp3) is 0.737. The van der Waals surface area contributed by atoms with Crippen LogP contribution in [-0.2, 0) is 24.0 Å². The summed E-state index contributed by atoms with van der Waals surface area (Å²) in [6.07, 6.45) is -0.170. The molecule has 0 aromatic heterocycles. The number of hydrogen-bond donors (Lipinski definition) is 6. The van der Waals surface area contributed by atoms with Crippen LogP contribution in [0, 0.1) is 11.8 Å². The summed E-state index contributed by atoms with van der Waals surface area (Å²) in [5, 5.41) is 25.1. The first-order valence-electron chi connectivity index (χ1n) is 9.85. The molecule has 30 heavy (non-hydrogen) atoms. The van der Waals surface area contributed by atoms with Crippen LogP contribution in [0.2, 0.25) is 0 Å². The Morgan fingerprint density at radius 3 is 1.63 bits per heavy atom. The molecule has 11 nitrogen and oxygen atoms in total. The Labute approximate surface area is 176 Å². The second kappa shape index (κ2) is 12.8. The van der Waals surface area contributed by atoms with Gasteiger partial charge >= 0.3 is 11.9 Å². The van der Waals surface area contributed by atoms with Crippen LogP contribution in [-0.4, -0.2) is 64.0 Å². The fourth-order valence-corrected chi connectivity index (χ4v) is 2.63. The summed E-state index contributed by atoms with van der Waals surface area (Å²) in [4.78, 5) is 59.4. The van der Waals surface area contributed by atoms with Gasteiger partial charge in [-0.25, -0.2) is 0 Å². The zero-order valence-corrected chi connectivity index (χ0v) is 18.1. The van der Waals surface area contributed by atoms with Crippen molar-refractivity contribution >= 4 is 29.7 Å². The smallest absolute Gasteiger partial charge is 0.325 e. The number of amides is 3. The van der Waals surface area contributed by atoms with Gasteiger partial charge in [0.15, 0.2) is 0 Å². The molecule has 0 radical (unpaired) electrons. The van der Waals surface area contributed by atoms with Crippen LogP contribution in [0.1, 0.15) is 53.9 Å². The monoisotopic (exact) mass is 430 g/mol. The van der Waals surface area contributed by atoms with Crippen LogP contribution < -0.4 is 21.7 Å². The third-order valence-electron chi connectivity index (χ3n) is 4.14. The lowest BCUT2D eigenvalue weighted by Crippen LogP contribution is -2.57. The number of carboxylic acid groups (broad SMARTS) is 2. The van der Waals surface area contributed by atoms with Crippen molar-refractivity contribution in [3.05, 3.63) is 0 Å². The third-order valence-corrected chi connectivity index (χ3v) is 4.14. The molecule has 0 aliphatic heterocycles. The summed E-state index contributed by atoms with van der Waals surface area (Å²) in [5.74, 6) is -4.74. The van der Waals surface area contributed by atoms with Gasteiger partial charge in [-0.05, 0) is 31.6 Å². The summed E-state index contributed by atoms with van der Waals surface area (Å²) >= 11 is 0.